The fourth-order valence-corrected chi connectivity index (χ4v) is 4.18. The number of nitrogens with zero attached hydrogens (tertiary/aromatic N) is 1. The molecule has 0 aromatic heterocycles. The van der Waals surface area contributed by atoms with E-state index < -0.39 is 0 Å². The number of hydrogen-bond acceptors (Lipinski definition) is 2. The average molecular weight is 337 g/mol. The maximum absolute atomic E-state index is 3.71. The van der Waals surface area contributed by atoms with Gasteiger partial charge in [0.25, 0.3) is 0 Å². The van der Waals surface area contributed by atoms with Gasteiger partial charge in [0, 0.05) is 22.6 Å². The van der Waals surface area contributed by atoms with Crippen LogP contribution in [0, 0.1) is 0 Å². The molecule has 3 heteroatoms. The van der Waals surface area contributed by atoms with Crippen molar-refractivity contribution in [2.45, 2.75) is 57.2 Å². The molecule has 0 saturated carbocycles. The molecule has 1 N–H and O–H groups in total. The zero-order chi connectivity index (χ0) is 13.9. The first-order chi connectivity index (χ1) is 9.74. The van der Waals surface area contributed by atoms with Crippen molar-refractivity contribution >= 4 is 15.9 Å². The lowest BCUT2D eigenvalue weighted by molar-refractivity contribution is 0.162. The molecule has 3 rings (SSSR count). The monoisotopic (exact) mass is 336 g/mol. The lowest BCUT2D eigenvalue weighted by Gasteiger charge is -2.34. The molecule has 0 amide bonds. The predicted molar refractivity (Wildman–Crippen MR) is 88.1 cm³/mol. The molecular weight excluding hydrogens is 312 g/mol. The van der Waals surface area contributed by atoms with Crippen LogP contribution in [0.5, 0.6) is 0 Å². The third-order valence-electron chi connectivity index (χ3n) is 4.92. The van der Waals surface area contributed by atoms with Crippen molar-refractivity contribution in [3.63, 3.8) is 0 Å². The van der Waals surface area contributed by atoms with Gasteiger partial charge in [-0.3, -0.25) is 4.90 Å². The Bertz CT molecular complexity index is 425. The first-order valence-electron chi connectivity index (χ1n) is 7.97. The van der Waals surface area contributed by atoms with Crippen LogP contribution in [-0.2, 0) is 6.42 Å². The molecule has 3 atom stereocenters. The highest BCUT2D eigenvalue weighted by molar-refractivity contribution is 9.10. The minimum Gasteiger partial charge on any atom is -0.312 e. The van der Waals surface area contributed by atoms with Gasteiger partial charge in [-0.05, 0) is 69.8 Å². The van der Waals surface area contributed by atoms with Crippen LogP contribution in [0.1, 0.15) is 38.2 Å². The average Bonchev–Trinajstić information content (AvgIpc) is 3.11. The van der Waals surface area contributed by atoms with E-state index in [1.165, 1.54) is 48.8 Å². The Hall–Kier alpha value is -0.380. The maximum atomic E-state index is 3.71. The molecule has 20 heavy (non-hydrogen) atoms. The third kappa shape index (κ3) is 3.26. The van der Waals surface area contributed by atoms with Gasteiger partial charge in [-0.1, -0.05) is 28.1 Å². The fourth-order valence-electron chi connectivity index (χ4n) is 3.91. The van der Waals surface area contributed by atoms with Crippen LogP contribution in [0.4, 0.5) is 0 Å². The van der Waals surface area contributed by atoms with Gasteiger partial charge in [0.15, 0.2) is 0 Å². The van der Waals surface area contributed by atoms with Crippen LogP contribution in [0.2, 0.25) is 0 Å². The van der Waals surface area contributed by atoms with Crippen molar-refractivity contribution in [3.8, 4) is 0 Å². The van der Waals surface area contributed by atoms with Crippen LogP contribution in [0.15, 0.2) is 28.7 Å². The summed E-state index contributed by atoms with van der Waals surface area (Å²) in [5, 5.41) is 3.71. The lowest BCUT2D eigenvalue weighted by atomic mass is 10.0. The van der Waals surface area contributed by atoms with E-state index in [1.807, 2.05) is 0 Å². The molecular formula is C17H25BrN2. The normalized spacial score (nSPS) is 28.9. The van der Waals surface area contributed by atoms with Gasteiger partial charge in [0.05, 0.1) is 0 Å². The van der Waals surface area contributed by atoms with Crippen molar-refractivity contribution < 1.29 is 0 Å². The first kappa shape index (κ1) is 14.6. The second-order valence-electron chi connectivity index (χ2n) is 6.33. The summed E-state index contributed by atoms with van der Waals surface area (Å²) in [6.07, 6.45) is 6.63. The Morgan fingerprint density at radius 1 is 1.25 bits per heavy atom. The fraction of sp³-hybridized carbons (Fsp3) is 0.647. The Morgan fingerprint density at radius 3 is 2.75 bits per heavy atom. The minimum absolute atomic E-state index is 0.645. The quantitative estimate of drug-likeness (QED) is 0.903. The van der Waals surface area contributed by atoms with E-state index in [4.69, 9.17) is 0 Å². The molecule has 0 aliphatic carbocycles. The van der Waals surface area contributed by atoms with Crippen LogP contribution in [-0.4, -0.2) is 36.1 Å². The Kier molecular flexibility index (Phi) is 4.79. The highest BCUT2D eigenvalue weighted by Crippen LogP contribution is 2.27. The van der Waals surface area contributed by atoms with E-state index in [1.54, 1.807) is 0 Å². The van der Waals surface area contributed by atoms with E-state index in [2.05, 4.69) is 57.3 Å². The minimum atomic E-state index is 0.645. The standard InChI is InChI=1S/C17H25BrN2/c1-13(12-14-6-8-15(18)9-7-14)20-11-3-5-17(20)16-4-2-10-19-16/h6-9,13,16-17,19H,2-5,10-12H2,1H3. The van der Waals surface area contributed by atoms with E-state index in [0.29, 0.717) is 6.04 Å². The molecule has 3 unspecified atom stereocenters. The van der Waals surface area contributed by atoms with Gasteiger partial charge in [0.2, 0.25) is 0 Å². The van der Waals surface area contributed by atoms with Crippen molar-refractivity contribution in [3.05, 3.63) is 34.3 Å². The summed E-state index contributed by atoms with van der Waals surface area (Å²) in [5.41, 5.74) is 1.45. The molecule has 2 heterocycles. The van der Waals surface area contributed by atoms with Crippen LogP contribution >= 0.6 is 15.9 Å². The Labute approximate surface area is 131 Å². The lowest BCUT2D eigenvalue weighted by Crippen LogP contribution is -2.48. The summed E-state index contributed by atoms with van der Waals surface area (Å²) in [6.45, 7) is 4.89. The predicted octanol–water partition coefficient (Wildman–Crippen LogP) is 3.60. The highest BCUT2D eigenvalue weighted by Gasteiger charge is 2.35. The number of benzene rings is 1. The SMILES string of the molecule is CC(Cc1ccc(Br)cc1)N1CCCC1C1CCCN1. The third-order valence-corrected chi connectivity index (χ3v) is 5.44. The summed E-state index contributed by atoms with van der Waals surface area (Å²) in [5.74, 6) is 0. The van der Waals surface area contributed by atoms with E-state index in [-0.39, 0.29) is 0 Å². The Balaban J connectivity index is 1.63. The second-order valence-corrected chi connectivity index (χ2v) is 7.25. The summed E-state index contributed by atoms with van der Waals surface area (Å²) < 4.78 is 1.17. The second kappa shape index (κ2) is 6.59. The summed E-state index contributed by atoms with van der Waals surface area (Å²) >= 11 is 3.51. The van der Waals surface area contributed by atoms with Crippen molar-refractivity contribution in [1.29, 1.82) is 0 Å². The topological polar surface area (TPSA) is 15.3 Å². The van der Waals surface area contributed by atoms with Crippen molar-refractivity contribution in [2.75, 3.05) is 13.1 Å². The maximum Gasteiger partial charge on any atom is 0.0252 e. The zero-order valence-electron chi connectivity index (χ0n) is 12.3. The largest absolute Gasteiger partial charge is 0.312 e. The Morgan fingerprint density at radius 2 is 2.05 bits per heavy atom. The zero-order valence-corrected chi connectivity index (χ0v) is 13.9. The van der Waals surface area contributed by atoms with Gasteiger partial charge in [0.1, 0.15) is 0 Å². The van der Waals surface area contributed by atoms with Crippen LogP contribution in [0.3, 0.4) is 0 Å². The molecule has 2 nitrogen and oxygen atoms in total. The molecule has 0 radical (unpaired) electrons. The summed E-state index contributed by atoms with van der Waals surface area (Å²) in [6, 6.07) is 11.0. The summed E-state index contributed by atoms with van der Waals surface area (Å²) in [7, 11) is 0. The van der Waals surface area contributed by atoms with E-state index >= 15 is 0 Å². The molecule has 2 saturated heterocycles. The number of likely N-dealkylation sites (tertiary alicyclic amines) is 1. The van der Waals surface area contributed by atoms with Gasteiger partial charge in [-0.25, -0.2) is 0 Å². The molecule has 2 aliphatic rings. The van der Waals surface area contributed by atoms with Gasteiger partial charge < -0.3 is 5.32 Å². The smallest absolute Gasteiger partial charge is 0.0252 e. The first-order valence-corrected chi connectivity index (χ1v) is 8.77. The van der Waals surface area contributed by atoms with Gasteiger partial charge in [-0.2, -0.15) is 0 Å². The molecule has 0 spiro atoms. The molecule has 0 bridgehead atoms. The van der Waals surface area contributed by atoms with Gasteiger partial charge in [-0.15, -0.1) is 0 Å². The van der Waals surface area contributed by atoms with Crippen molar-refractivity contribution in [1.82, 2.24) is 10.2 Å². The summed E-state index contributed by atoms with van der Waals surface area (Å²) in [4.78, 5) is 2.75. The van der Waals surface area contributed by atoms with Crippen molar-refractivity contribution in [2.24, 2.45) is 0 Å². The van der Waals surface area contributed by atoms with Crippen LogP contribution < -0.4 is 5.32 Å². The molecule has 1 aromatic carbocycles. The number of halogens is 1. The molecule has 110 valence electrons. The highest BCUT2D eigenvalue weighted by atomic mass is 79.9. The van der Waals surface area contributed by atoms with E-state index in [0.717, 1.165) is 18.5 Å². The molecule has 2 aliphatic heterocycles. The van der Waals surface area contributed by atoms with E-state index in [9.17, 15) is 0 Å². The number of nitrogens with one attached hydrogen (secondary N) is 1. The molecule has 1 aromatic rings. The number of hydrogen-bond donors (Lipinski definition) is 1. The molecule has 2 fully saturated rings. The van der Waals surface area contributed by atoms with Crippen LogP contribution in [0.25, 0.3) is 0 Å². The van der Waals surface area contributed by atoms with Gasteiger partial charge >= 0.3 is 0 Å². The number of rotatable bonds is 4.